The predicted molar refractivity (Wildman–Crippen MR) is 79.3 cm³/mol. The lowest BCUT2D eigenvalue weighted by atomic mass is 10.2. The normalized spacial score (nSPS) is 10.3. The molecule has 20 heavy (non-hydrogen) atoms. The van der Waals surface area contributed by atoms with E-state index in [9.17, 15) is 4.79 Å². The molecule has 0 aromatic heterocycles. The molecule has 0 aliphatic carbocycles. The molecule has 2 N–H and O–H groups in total. The molecule has 0 spiro atoms. The van der Waals surface area contributed by atoms with Crippen LogP contribution in [0.4, 0.5) is 0 Å². The van der Waals surface area contributed by atoms with Crippen LogP contribution in [-0.4, -0.2) is 45.4 Å². The maximum Gasteiger partial charge on any atom is 0.255 e. The van der Waals surface area contributed by atoms with Gasteiger partial charge < -0.3 is 20.1 Å². The maximum atomic E-state index is 12.1. The van der Waals surface area contributed by atoms with E-state index in [1.165, 1.54) is 0 Å². The van der Waals surface area contributed by atoms with Crippen LogP contribution < -0.4 is 15.4 Å². The summed E-state index contributed by atoms with van der Waals surface area (Å²) in [5.74, 6) is 0.475. The van der Waals surface area contributed by atoms with Crippen LogP contribution in [-0.2, 0) is 4.74 Å². The van der Waals surface area contributed by atoms with Crippen molar-refractivity contribution < 1.29 is 14.3 Å². The molecule has 0 fully saturated rings. The first-order valence-electron chi connectivity index (χ1n) is 7.08. The molecule has 5 nitrogen and oxygen atoms in total. The Balaban J connectivity index is 2.48. The van der Waals surface area contributed by atoms with Gasteiger partial charge in [-0.3, -0.25) is 4.79 Å². The van der Waals surface area contributed by atoms with Crippen LogP contribution in [0.25, 0.3) is 0 Å². The molecule has 0 unspecified atom stereocenters. The molecule has 5 heteroatoms. The fourth-order valence-electron chi connectivity index (χ4n) is 1.67. The minimum absolute atomic E-state index is 0.116. The summed E-state index contributed by atoms with van der Waals surface area (Å²) in [4.78, 5) is 12.1. The fraction of sp³-hybridized carbons (Fsp3) is 0.533. The highest BCUT2D eigenvalue weighted by atomic mass is 16.5. The average Bonchev–Trinajstić information content (AvgIpc) is 2.48. The van der Waals surface area contributed by atoms with Gasteiger partial charge in [-0.05, 0) is 25.6 Å². The molecule has 0 saturated carbocycles. The monoisotopic (exact) mass is 280 g/mol. The third kappa shape index (κ3) is 6.04. The number of amides is 1. The molecule has 0 aliphatic heterocycles. The molecule has 0 heterocycles. The van der Waals surface area contributed by atoms with Gasteiger partial charge in [0.05, 0.1) is 12.2 Å². The van der Waals surface area contributed by atoms with Crippen LogP contribution in [0.2, 0.25) is 0 Å². The first-order chi connectivity index (χ1) is 9.79. The number of nitrogens with one attached hydrogen (secondary N) is 2. The van der Waals surface area contributed by atoms with E-state index in [-0.39, 0.29) is 5.91 Å². The number of hydrogen-bond acceptors (Lipinski definition) is 4. The lowest BCUT2D eigenvalue weighted by Gasteiger charge is -2.11. The summed E-state index contributed by atoms with van der Waals surface area (Å²) < 4.78 is 10.8. The molecule has 0 bridgehead atoms. The fourth-order valence-corrected chi connectivity index (χ4v) is 1.67. The van der Waals surface area contributed by atoms with Crippen molar-refractivity contribution in [2.45, 2.75) is 13.8 Å². The third-order valence-electron chi connectivity index (χ3n) is 2.66. The standard InChI is InChI=1S/C15H24N2O3/c1-3-16-9-10-17-15(18)13-7-5-6-8-14(13)20-12-11-19-4-2/h5-8,16H,3-4,9-12H2,1-2H3,(H,17,18). The second-order valence-corrected chi connectivity index (χ2v) is 4.15. The third-order valence-corrected chi connectivity index (χ3v) is 2.66. The first kappa shape index (κ1) is 16.5. The summed E-state index contributed by atoms with van der Waals surface area (Å²) in [7, 11) is 0. The molecular weight excluding hydrogens is 256 g/mol. The van der Waals surface area contributed by atoms with E-state index in [0.717, 1.165) is 13.1 Å². The first-order valence-corrected chi connectivity index (χ1v) is 7.08. The molecule has 112 valence electrons. The summed E-state index contributed by atoms with van der Waals surface area (Å²) in [5.41, 5.74) is 0.556. The SMILES string of the molecule is CCNCCNC(=O)c1ccccc1OCCOCC. The van der Waals surface area contributed by atoms with Crippen molar-refractivity contribution in [1.29, 1.82) is 0 Å². The largest absolute Gasteiger partial charge is 0.490 e. The molecule has 0 radical (unpaired) electrons. The number of benzene rings is 1. The summed E-state index contributed by atoms with van der Waals surface area (Å²) in [5, 5.41) is 6.02. The van der Waals surface area contributed by atoms with Crippen LogP contribution in [0.1, 0.15) is 24.2 Å². The van der Waals surface area contributed by atoms with E-state index in [0.29, 0.717) is 37.7 Å². The van der Waals surface area contributed by atoms with E-state index >= 15 is 0 Å². The van der Waals surface area contributed by atoms with Crippen LogP contribution >= 0.6 is 0 Å². The molecule has 1 amide bonds. The zero-order chi connectivity index (χ0) is 14.6. The van der Waals surface area contributed by atoms with E-state index in [4.69, 9.17) is 9.47 Å². The zero-order valence-corrected chi connectivity index (χ0v) is 12.3. The average molecular weight is 280 g/mol. The van der Waals surface area contributed by atoms with Gasteiger partial charge in [-0.25, -0.2) is 0 Å². The van der Waals surface area contributed by atoms with Crippen molar-refractivity contribution in [2.75, 3.05) is 39.5 Å². The summed E-state index contributed by atoms with van der Waals surface area (Å²) in [6.45, 7) is 7.84. The molecule has 1 aromatic rings. The number of para-hydroxylation sites is 1. The van der Waals surface area contributed by atoms with Gasteiger partial charge in [0, 0.05) is 19.7 Å². The number of rotatable bonds is 10. The quantitative estimate of drug-likeness (QED) is 0.637. The summed E-state index contributed by atoms with van der Waals surface area (Å²) >= 11 is 0. The Morgan fingerprint density at radius 2 is 1.95 bits per heavy atom. The smallest absolute Gasteiger partial charge is 0.255 e. The highest BCUT2D eigenvalue weighted by molar-refractivity contribution is 5.96. The van der Waals surface area contributed by atoms with Gasteiger partial charge in [0.2, 0.25) is 0 Å². The second-order valence-electron chi connectivity index (χ2n) is 4.15. The van der Waals surface area contributed by atoms with E-state index in [1.54, 1.807) is 12.1 Å². The Morgan fingerprint density at radius 3 is 2.70 bits per heavy atom. The predicted octanol–water partition coefficient (Wildman–Crippen LogP) is 1.44. The van der Waals surface area contributed by atoms with Crippen molar-refractivity contribution in [3.8, 4) is 5.75 Å². The Bertz CT molecular complexity index is 396. The maximum absolute atomic E-state index is 12.1. The molecule has 1 aromatic carbocycles. The minimum Gasteiger partial charge on any atom is -0.490 e. The van der Waals surface area contributed by atoms with Crippen molar-refractivity contribution >= 4 is 5.91 Å². The van der Waals surface area contributed by atoms with Crippen molar-refractivity contribution in [2.24, 2.45) is 0 Å². The van der Waals surface area contributed by atoms with Gasteiger partial charge in [-0.15, -0.1) is 0 Å². The van der Waals surface area contributed by atoms with Crippen LogP contribution in [0.3, 0.4) is 0 Å². The van der Waals surface area contributed by atoms with E-state index in [1.807, 2.05) is 26.0 Å². The Labute approximate surface area is 120 Å². The van der Waals surface area contributed by atoms with Gasteiger partial charge >= 0.3 is 0 Å². The number of likely N-dealkylation sites (N-methyl/N-ethyl adjacent to an activating group) is 1. The summed E-state index contributed by atoms with van der Waals surface area (Å²) in [6.07, 6.45) is 0. The number of carbonyl (C=O) groups is 1. The molecule has 0 atom stereocenters. The van der Waals surface area contributed by atoms with Gasteiger partial charge in [0.15, 0.2) is 0 Å². The van der Waals surface area contributed by atoms with E-state index < -0.39 is 0 Å². The molecule has 0 aliphatic rings. The van der Waals surface area contributed by atoms with E-state index in [2.05, 4.69) is 10.6 Å². The van der Waals surface area contributed by atoms with Crippen LogP contribution in [0.5, 0.6) is 5.75 Å². The Morgan fingerprint density at radius 1 is 1.15 bits per heavy atom. The minimum atomic E-state index is -0.116. The Hall–Kier alpha value is -1.59. The van der Waals surface area contributed by atoms with Crippen molar-refractivity contribution in [3.05, 3.63) is 29.8 Å². The zero-order valence-electron chi connectivity index (χ0n) is 12.3. The second kappa shape index (κ2) is 10.2. The topological polar surface area (TPSA) is 59.6 Å². The van der Waals surface area contributed by atoms with Gasteiger partial charge in [0.1, 0.15) is 12.4 Å². The number of hydrogen-bond donors (Lipinski definition) is 2. The van der Waals surface area contributed by atoms with Crippen molar-refractivity contribution in [1.82, 2.24) is 10.6 Å². The van der Waals surface area contributed by atoms with Gasteiger partial charge in [-0.1, -0.05) is 19.1 Å². The van der Waals surface area contributed by atoms with Crippen molar-refractivity contribution in [3.63, 3.8) is 0 Å². The van der Waals surface area contributed by atoms with Crippen LogP contribution in [0, 0.1) is 0 Å². The molecule has 0 saturated heterocycles. The molecular formula is C15H24N2O3. The van der Waals surface area contributed by atoms with Gasteiger partial charge in [-0.2, -0.15) is 0 Å². The lowest BCUT2D eigenvalue weighted by Crippen LogP contribution is -2.32. The Kier molecular flexibility index (Phi) is 8.42. The molecule has 1 rings (SSSR count). The number of carbonyl (C=O) groups excluding carboxylic acids is 1. The highest BCUT2D eigenvalue weighted by Gasteiger charge is 2.11. The number of ether oxygens (including phenoxy) is 2. The van der Waals surface area contributed by atoms with Gasteiger partial charge in [0.25, 0.3) is 5.91 Å². The van der Waals surface area contributed by atoms with Crippen LogP contribution in [0.15, 0.2) is 24.3 Å². The highest BCUT2D eigenvalue weighted by Crippen LogP contribution is 2.17. The lowest BCUT2D eigenvalue weighted by molar-refractivity contribution is 0.0937. The summed E-state index contributed by atoms with van der Waals surface area (Å²) in [6, 6.07) is 7.24.